The number of aromatic nitrogens is 2. The maximum Gasteiger partial charge on any atom is 0.0897 e. The van der Waals surface area contributed by atoms with Gasteiger partial charge in [0.15, 0.2) is 0 Å². The SMILES string of the molecule is CC1(C)c2ccccc2-c2cc(-c3c4ccccc4c(-c4cnccn4)c4ccc(-c5ccccc5)cc34)ccc21. The number of hydrogen-bond acceptors (Lipinski definition) is 2. The minimum Gasteiger partial charge on any atom is -0.261 e. The van der Waals surface area contributed by atoms with E-state index >= 15 is 0 Å². The zero-order valence-corrected chi connectivity index (χ0v) is 23.1. The number of fused-ring (bicyclic) bond motifs is 5. The van der Waals surface area contributed by atoms with Gasteiger partial charge in [-0.25, -0.2) is 0 Å². The molecule has 7 aromatic rings. The lowest BCUT2D eigenvalue weighted by molar-refractivity contribution is 0.660. The summed E-state index contributed by atoms with van der Waals surface area (Å²) in [5.41, 5.74) is 12.3. The van der Waals surface area contributed by atoms with Crippen LogP contribution in [0.1, 0.15) is 25.0 Å². The summed E-state index contributed by atoms with van der Waals surface area (Å²) >= 11 is 0. The lowest BCUT2D eigenvalue weighted by Gasteiger charge is -2.22. The molecule has 0 saturated carbocycles. The first-order valence-electron chi connectivity index (χ1n) is 14.2. The summed E-state index contributed by atoms with van der Waals surface area (Å²) < 4.78 is 0. The third kappa shape index (κ3) is 3.57. The van der Waals surface area contributed by atoms with E-state index in [0.717, 1.165) is 11.3 Å². The molecule has 0 bridgehead atoms. The monoisotopic (exact) mass is 524 g/mol. The van der Waals surface area contributed by atoms with Gasteiger partial charge in [-0.2, -0.15) is 0 Å². The Balaban J connectivity index is 1.49. The Labute approximate surface area is 240 Å². The maximum atomic E-state index is 4.76. The lowest BCUT2D eigenvalue weighted by atomic mass is 9.81. The van der Waals surface area contributed by atoms with Crippen molar-refractivity contribution in [1.82, 2.24) is 9.97 Å². The van der Waals surface area contributed by atoms with Crippen LogP contribution in [0, 0.1) is 0 Å². The van der Waals surface area contributed by atoms with Gasteiger partial charge in [0.2, 0.25) is 0 Å². The Morgan fingerprint density at radius 3 is 1.98 bits per heavy atom. The third-order valence-corrected chi connectivity index (χ3v) is 8.82. The molecule has 0 N–H and O–H groups in total. The third-order valence-electron chi connectivity index (χ3n) is 8.82. The van der Waals surface area contributed by atoms with Gasteiger partial charge in [-0.3, -0.25) is 9.97 Å². The van der Waals surface area contributed by atoms with E-state index in [9.17, 15) is 0 Å². The molecule has 2 nitrogen and oxygen atoms in total. The number of hydrogen-bond donors (Lipinski definition) is 0. The Kier molecular flexibility index (Phi) is 5.20. The van der Waals surface area contributed by atoms with E-state index in [1.165, 1.54) is 66.1 Å². The van der Waals surface area contributed by atoms with E-state index in [-0.39, 0.29) is 5.41 Å². The molecular weight excluding hydrogens is 496 g/mol. The van der Waals surface area contributed by atoms with Crippen LogP contribution in [0.2, 0.25) is 0 Å². The zero-order valence-electron chi connectivity index (χ0n) is 23.1. The molecule has 41 heavy (non-hydrogen) atoms. The van der Waals surface area contributed by atoms with Crippen molar-refractivity contribution in [3.63, 3.8) is 0 Å². The number of rotatable bonds is 3. The fourth-order valence-electron chi connectivity index (χ4n) is 6.88. The van der Waals surface area contributed by atoms with Crippen LogP contribution in [0.3, 0.4) is 0 Å². The summed E-state index contributed by atoms with van der Waals surface area (Å²) in [5.74, 6) is 0. The molecule has 2 heteroatoms. The molecule has 1 aliphatic rings. The summed E-state index contributed by atoms with van der Waals surface area (Å²) in [6.07, 6.45) is 5.39. The van der Waals surface area contributed by atoms with E-state index in [4.69, 9.17) is 4.98 Å². The first-order chi connectivity index (χ1) is 20.1. The van der Waals surface area contributed by atoms with Crippen LogP contribution in [-0.2, 0) is 5.41 Å². The predicted molar refractivity (Wildman–Crippen MR) is 171 cm³/mol. The predicted octanol–water partition coefficient (Wildman–Crippen LogP) is 10.1. The molecular formula is C39H28N2. The van der Waals surface area contributed by atoms with E-state index in [0.29, 0.717) is 0 Å². The molecule has 1 heterocycles. The minimum absolute atomic E-state index is 0.0229. The number of nitrogens with zero attached hydrogens (tertiary/aromatic N) is 2. The van der Waals surface area contributed by atoms with Crippen molar-refractivity contribution in [2.24, 2.45) is 0 Å². The molecule has 0 aliphatic heterocycles. The van der Waals surface area contributed by atoms with Crippen molar-refractivity contribution in [2.75, 3.05) is 0 Å². The highest BCUT2D eigenvalue weighted by Crippen LogP contribution is 2.51. The highest BCUT2D eigenvalue weighted by atomic mass is 14.8. The molecule has 0 atom stereocenters. The quantitative estimate of drug-likeness (QED) is 0.215. The first-order valence-corrected chi connectivity index (χ1v) is 14.2. The van der Waals surface area contributed by atoms with E-state index < -0.39 is 0 Å². The minimum atomic E-state index is -0.0229. The largest absolute Gasteiger partial charge is 0.261 e. The van der Waals surface area contributed by atoms with Gasteiger partial charge >= 0.3 is 0 Å². The van der Waals surface area contributed by atoms with E-state index in [2.05, 4.69) is 134 Å². The Morgan fingerprint density at radius 2 is 1.17 bits per heavy atom. The van der Waals surface area contributed by atoms with Gasteiger partial charge in [0, 0.05) is 23.4 Å². The van der Waals surface area contributed by atoms with Crippen molar-refractivity contribution in [1.29, 1.82) is 0 Å². The van der Waals surface area contributed by atoms with E-state index in [1.807, 2.05) is 6.20 Å². The maximum absolute atomic E-state index is 4.76. The van der Waals surface area contributed by atoms with Gasteiger partial charge in [0.1, 0.15) is 0 Å². The normalized spacial score (nSPS) is 13.3. The molecule has 6 aromatic carbocycles. The summed E-state index contributed by atoms with van der Waals surface area (Å²) in [4.78, 5) is 9.19. The second-order valence-corrected chi connectivity index (χ2v) is 11.4. The van der Waals surface area contributed by atoms with Crippen molar-refractivity contribution >= 4 is 21.5 Å². The zero-order chi connectivity index (χ0) is 27.6. The van der Waals surface area contributed by atoms with Gasteiger partial charge in [-0.05, 0) is 78.2 Å². The average molecular weight is 525 g/mol. The van der Waals surface area contributed by atoms with E-state index in [1.54, 1.807) is 12.4 Å². The molecule has 0 fully saturated rings. The molecule has 1 aliphatic carbocycles. The molecule has 194 valence electrons. The Hall–Kier alpha value is -5.08. The number of benzene rings is 6. The van der Waals surface area contributed by atoms with Crippen molar-refractivity contribution < 1.29 is 0 Å². The second kappa shape index (κ2) is 8.97. The van der Waals surface area contributed by atoms with Gasteiger partial charge in [0.25, 0.3) is 0 Å². The molecule has 0 spiro atoms. The summed E-state index contributed by atoms with van der Waals surface area (Å²) in [5, 5.41) is 4.80. The fourth-order valence-corrected chi connectivity index (χ4v) is 6.88. The van der Waals surface area contributed by atoms with Crippen molar-refractivity contribution in [2.45, 2.75) is 19.3 Å². The molecule has 0 unspecified atom stereocenters. The van der Waals surface area contributed by atoms with Crippen molar-refractivity contribution in [3.05, 3.63) is 145 Å². The fraction of sp³-hybridized carbons (Fsp3) is 0.0769. The lowest BCUT2D eigenvalue weighted by Crippen LogP contribution is -2.14. The Morgan fingerprint density at radius 1 is 0.488 bits per heavy atom. The molecule has 1 aromatic heterocycles. The van der Waals surface area contributed by atoms with Gasteiger partial charge in [-0.1, -0.05) is 117 Å². The Bertz CT molecular complexity index is 2110. The highest BCUT2D eigenvalue weighted by Gasteiger charge is 2.35. The van der Waals surface area contributed by atoms with Crippen LogP contribution < -0.4 is 0 Å². The van der Waals surface area contributed by atoms with Crippen LogP contribution in [-0.4, -0.2) is 9.97 Å². The van der Waals surface area contributed by atoms with Gasteiger partial charge in [0.05, 0.1) is 11.9 Å². The smallest absolute Gasteiger partial charge is 0.0897 e. The highest BCUT2D eigenvalue weighted by molar-refractivity contribution is 6.21. The molecule has 0 radical (unpaired) electrons. The topological polar surface area (TPSA) is 25.8 Å². The summed E-state index contributed by atoms with van der Waals surface area (Å²) in [6, 6.07) is 42.2. The van der Waals surface area contributed by atoms with Gasteiger partial charge < -0.3 is 0 Å². The first kappa shape index (κ1) is 23.8. The van der Waals surface area contributed by atoms with Crippen LogP contribution in [0.15, 0.2) is 134 Å². The summed E-state index contributed by atoms with van der Waals surface area (Å²) in [6.45, 7) is 4.67. The van der Waals surface area contributed by atoms with Gasteiger partial charge in [-0.15, -0.1) is 0 Å². The van der Waals surface area contributed by atoms with Crippen LogP contribution in [0.5, 0.6) is 0 Å². The van der Waals surface area contributed by atoms with Crippen LogP contribution in [0.4, 0.5) is 0 Å². The molecule has 0 saturated heterocycles. The second-order valence-electron chi connectivity index (χ2n) is 11.4. The van der Waals surface area contributed by atoms with Crippen molar-refractivity contribution in [3.8, 4) is 44.6 Å². The van der Waals surface area contributed by atoms with Crippen LogP contribution >= 0.6 is 0 Å². The summed E-state index contributed by atoms with van der Waals surface area (Å²) in [7, 11) is 0. The standard InChI is InChI=1S/C39H28N2/c1-39(2)34-15-9-8-12-28(34)32-23-27(17-19-35(32)39)37-29-13-6-7-14-30(29)38(36-24-40-20-21-41-36)31-18-16-26(22-33(31)37)25-10-4-3-5-11-25/h3-24H,1-2H3. The average Bonchev–Trinajstić information content (AvgIpc) is 3.26. The van der Waals surface area contributed by atoms with Crippen LogP contribution in [0.25, 0.3) is 66.2 Å². The molecule has 0 amide bonds. The molecule has 8 rings (SSSR count).